The average Bonchev–Trinajstić information content (AvgIpc) is 2.86. The summed E-state index contributed by atoms with van der Waals surface area (Å²) in [6.07, 6.45) is 1.60. The first-order valence-corrected chi connectivity index (χ1v) is 5.44. The van der Waals surface area contributed by atoms with Gasteiger partial charge in [0.1, 0.15) is 5.69 Å². The Labute approximate surface area is 105 Å². The number of nitrogens with zero attached hydrogens (tertiary/aromatic N) is 1. The summed E-state index contributed by atoms with van der Waals surface area (Å²) in [6, 6.07) is 5.35. The minimum atomic E-state index is -0.366. The molecule has 2 aromatic rings. The molecule has 5 nitrogen and oxygen atoms in total. The predicted octanol–water partition coefficient (Wildman–Crippen LogP) is 2.18. The molecule has 1 heterocycles. The third-order valence-corrected chi connectivity index (χ3v) is 2.75. The molecule has 1 N–H and O–H groups in total. The van der Waals surface area contributed by atoms with Crippen LogP contribution >= 0.6 is 0 Å². The Morgan fingerprint density at radius 2 is 2.11 bits per heavy atom. The number of benzene rings is 1. The highest BCUT2D eigenvalue weighted by molar-refractivity contribution is 5.91. The van der Waals surface area contributed by atoms with Crippen molar-refractivity contribution in [1.82, 2.24) is 10.2 Å². The number of H-pyrrole nitrogens is 1. The van der Waals surface area contributed by atoms with Crippen molar-refractivity contribution in [3.63, 3.8) is 0 Å². The second kappa shape index (κ2) is 4.91. The Hall–Kier alpha value is -2.30. The van der Waals surface area contributed by atoms with Crippen molar-refractivity contribution in [1.29, 1.82) is 0 Å². The number of esters is 1. The van der Waals surface area contributed by atoms with E-state index < -0.39 is 0 Å². The van der Waals surface area contributed by atoms with E-state index >= 15 is 0 Å². The van der Waals surface area contributed by atoms with Crippen LogP contribution in [0, 0.1) is 6.92 Å². The number of rotatable bonds is 3. The minimum Gasteiger partial charge on any atom is -0.493 e. The molecule has 0 aliphatic carbocycles. The number of nitrogens with one attached hydrogen (secondary N) is 1. The molecule has 0 aliphatic heterocycles. The summed E-state index contributed by atoms with van der Waals surface area (Å²) in [5, 5.41) is 6.81. The highest BCUT2D eigenvalue weighted by Crippen LogP contribution is 2.30. The number of carbonyl (C=O) groups excluding carboxylic acids is 1. The Bertz CT molecular complexity index is 575. The zero-order chi connectivity index (χ0) is 13.1. The number of carbonyl (C=O) groups is 1. The molecule has 0 bridgehead atoms. The molecule has 0 fully saturated rings. The van der Waals surface area contributed by atoms with Gasteiger partial charge in [0.15, 0.2) is 5.75 Å². The second-order valence-corrected chi connectivity index (χ2v) is 3.83. The van der Waals surface area contributed by atoms with Crippen molar-refractivity contribution < 1.29 is 14.3 Å². The van der Waals surface area contributed by atoms with Gasteiger partial charge in [-0.05, 0) is 24.6 Å². The van der Waals surface area contributed by atoms with Gasteiger partial charge in [-0.15, -0.1) is 0 Å². The molecule has 0 radical (unpaired) electrons. The molecule has 0 unspecified atom stereocenters. The van der Waals surface area contributed by atoms with Crippen molar-refractivity contribution in [2.45, 2.75) is 6.92 Å². The molecule has 18 heavy (non-hydrogen) atoms. The molecular formula is C13H14N2O3. The maximum Gasteiger partial charge on any atom is 0.337 e. The van der Waals surface area contributed by atoms with Crippen LogP contribution in [-0.4, -0.2) is 30.4 Å². The lowest BCUT2D eigenvalue weighted by atomic mass is 10.0. The highest BCUT2D eigenvalue weighted by Gasteiger charge is 2.14. The van der Waals surface area contributed by atoms with Crippen molar-refractivity contribution in [3.8, 4) is 17.0 Å². The van der Waals surface area contributed by atoms with Crippen LogP contribution in [0.25, 0.3) is 11.3 Å². The summed E-state index contributed by atoms with van der Waals surface area (Å²) in [5.41, 5.74) is 3.13. The van der Waals surface area contributed by atoms with Crippen LogP contribution in [0.5, 0.6) is 5.75 Å². The molecule has 0 amide bonds. The molecule has 1 aromatic heterocycles. The van der Waals surface area contributed by atoms with E-state index in [4.69, 9.17) is 9.47 Å². The number of aromatic amines is 1. The lowest BCUT2D eigenvalue weighted by Crippen LogP contribution is -2.02. The molecule has 0 saturated heterocycles. The molecule has 5 heteroatoms. The molecular weight excluding hydrogens is 232 g/mol. The Morgan fingerprint density at radius 1 is 1.33 bits per heavy atom. The first-order valence-electron chi connectivity index (χ1n) is 5.44. The standard InChI is InChI=1S/C13H14N2O3/c1-8-4-5-9(13(16)18-3)6-10(8)12-11(17-2)7-14-15-12/h4-7H,1-3H3,(H,14,15). The van der Waals surface area contributed by atoms with Crippen LogP contribution in [0.4, 0.5) is 0 Å². The van der Waals surface area contributed by atoms with E-state index in [0.717, 1.165) is 16.8 Å². The van der Waals surface area contributed by atoms with Crippen LogP contribution in [0.2, 0.25) is 0 Å². The SMILES string of the molecule is COC(=O)c1ccc(C)c(-c2[nH]ncc2OC)c1. The van der Waals surface area contributed by atoms with E-state index in [2.05, 4.69) is 10.2 Å². The second-order valence-electron chi connectivity index (χ2n) is 3.83. The summed E-state index contributed by atoms with van der Waals surface area (Å²) in [5.74, 6) is 0.273. The number of ether oxygens (including phenoxy) is 2. The number of aromatic nitrogens is 2. The molecule has 1 aromatic carbocycles. The van der Waals surface area contributed by atoms with E-state index in [9.17, 15) is 4.79 Å². The van der Waals surface area contributed by atoms with Crippen LogP contribution < -0.4 is 4.74 Å². The number of hydrogen-bond acceptors (Lipinski definition) is 4. The van der Waals surface area contributed by atoms with Gasteiger partial charge in [-0.3, -0.25) is 5.10 Å². The lowest BCUT2D eigenvalue weighted by molar-refractivity contribution is 0.0601. The van der Waals surface area contributed by atoms with Crippen LogP contribution in [0.3, 0.4) is 0 Å². The first-order chi connectivity index (χ1) is 8.67. The first kappa shape index (κ1) is 12.2. The quantitative estimate of drug-likeness (QED) is 0.843. The Balaban J connectivity index is 2.53. The number of methoxy groups -OCH3 is 2. The van der Waals surface area contributed by atoms with Crippen molar-refractivity contribution in [3.05, 3.63) is 35.5 Å². The van der Waals surface area contributed by atoms with Gasteiger partial charge in [0.25, 0.3) is 0 Å². The lowest BCUT2D eigenvalue weighted by Gasteiger charge is -2.08. The smallest absolute Gasteiger partial charge is 0.337 e. The largest absolute Gasteiger partial charge is 0.493 e. The van der Waals surface area contributed by atoms with E-state index in [1.807, 2.05) is 13.0 Å². The summed E-state index contributed by atoms with van der Waals surface area (Å²) in [4.78, 5) is 11.5. The highest BCUT2D eigenvalue weighted by atomic mass is 16.5. The summed E-state index contributed by atoms with van der Waals surface area (Å²) >= 11 is 0. The van der Waals surface area contributed by atoms with Gasteiger partial charge < -0.3 is 9.47 Å². The van der Waals surface area contributed by atoms with E-state index in [1.54, 1.807) is 25.4 Å². The Morgan fingerprint density at radius 3 is 2.78 bits per heavy atom. The van der Waals surface area contributed by atoms with Crippen molar-refractivity contribution in [2.75, 3.05) is 14.2 Å². The maximum absolute atomic E-state index is 11.5. The van der Waals surface area contributed by atoms with Gasteiger partial charge in [0.2, 0.25) is 0 Å². The van der Waals surface area contributed by atoms with E-state index in [1.165, 1.54) is 7.11 Å². The van der Waals surface area contributed by atoms with Crippen molar-refractivity contribution in [2.24, 2.45) is 0 Å². The summed E-state index contributed by atoms with van der Waals surface area (Å²) in [6.45, 7) is 1.96. The van der Waals surface area contributed by atoms with E-state index in [0.29, 0.717) is 11.3 Å². The molecule has 0 aliphatic rings. The fourth-order valence-corrected chi connectivity index (χ4v) is 1.76. The maximum atomic E-state index is 11.5. The predicted molar refractivity (Wildman–Crippen MR) is 66.7 cm³/mol. The fourth-order valence-electron chi connectivity index (χ4n) is 1.76. The fraction of sp³-hybridized carbons (Fsp3) is 0.231. The van der Waals surface area contributed by atoms with Gasteiger partial charge in [0, 0.05) is 5.56 Å². The topological polar surface area (TPSA) is 64.2 Å². The zero-order valence-electron chi connectivity index (χ0n) is 10.5. The van der Waals surface area contributed by atoms with Gasteiger partial charge in [0.05, 0.1) is 26.0 Å². The average molecular weight is 246 g/mol. The van der Waals surface area contributed by atoms with Gasteiger partial charge >= 0.3 is 5.97 Å². The summed E-state index contributed by atoms with van der Waals surface area (Å²) in [7, 11) is 2.94. The third kappa shape index (κ3) is 2.07. The molecule has 94 valence electrons. The third-order valence-electron chi connectivity index (χ3n) is 2.75. The van der Waals surface area contributed by atoms with Gasteiger partial charge in [-0.25, -0.2) is 4.79 Å². The van der Waals surface area contributed by atoms with Crippen molar-refractivity contribution >= 4 is 5.97 Å². The van der Waals surface area contributed by atoms with Gasteiger partial charge in [-0.1, -0.05) is 6.07 Å². The number of aryl methyl sites for hydroxylation is 1. The van der Waals surface area contributed by atoms with Crippen LogP contribution in [0.1, 0.15) is 15.9 Å². The van der Waals surface area contributed by atoms with Crippen LogP contribution in [0.15, 0.2) is 24.4 Å². The Kier molecular flexibility index (Phi) is 3.32. The zero-order valence-corrected chi connectivity index (χ0v) is 10.5. The molecule has 0 saturated carbocycles. The summed E-state index contributed by atoms with van der Waals surface area (Å²) < 4.78 is 9.92. The van der Waals surface area contributed by atoms with Crippen LogP contribution in [-0.2, 0) is 4.74 Å². The number of hydrogen-bond donors (Lipinski definition) is 1. The molecule has 2 rings (SSSR count). The van der Waals surface area contributed by atoms with E-state index in [-0.39, 0.29) is 5.97 Å². The molecule has 0 atom stereocenters. The van der Waals surface area contributed by atoms with Gasteiger partial charge in [-0.2, -0.15) is 5.10 Å². The minimum absolute atomic E-state index is 0.366. The molecule has 0 spiro atoms. The normalized spacial score (nSPS) is 10.2. The monoisotopic (exact) mass is 246 g/mol.